The Balaban J connectivity index is 1.74. The van der Waals surface area contributed by atoms with Gasteiger partial charge in [-0.05, 0) is 25.1 Å². The van der Waals surface area contributed by atoms with E-state index in [0.717, 1.165) is 12.3 Å². The zero-order valence-corrected chi connectivity index (χ0v) is 12.3. The molecule has 1 amide bonds. The smallest absolute Gasteiger partial charge is 0.368 e. The Morgan fingerprint density at radius 3 is 2.70 bits per heavy atom. The molecule has 2 rings (SSSR count). The van der Waals surface area contributed by atoms with E-state index in [2.05, 4.69) is 20.7 Å². The maximum absolute atomic E-state index is 12.4. The van der Waals surface area contributed by atoms with Crippen molar-refractivity contribution < 1.29 is 18.0 Å². The molecule has 0 radical (unpaired) electrons. The van der Waals surface area contributed by atoms with Crippen molar-refractivity contribution in [2.24, 2.45) is 0 Å². The maximum atomic E-state index is 12.4. The van der Waals surface area contributed by atoms with Crippen LogP contribution in [0.2, 0.25) is 0 Å². The second kappa shape index (κ2) is 7.12. The van der Waals surface area contributed by atoms with Crippen LogP contribution in [0, 0.1) is 0 Å². The first kappa shape index (κ1) is 16.8. The zero-order chi connectivity index (χ0) is 16.9. The predicted molar refractivity (Wildman–Crippen MR) is 77.7 cm³/mol. The van der Waals surface area contributed by atoms with Gasteiger partial charge in [-0.2, -0.15) is 18.3 Å². The van der Waals surface area contributed by atoms with Crippen molar-refractivity contribution >= 4 is 11.7 Å². The van der Waals surface area contributed by atoms with Gasteiger partial charge in [0, 0.05) is 31.7 Å². The summed E-state index contributed by atoms with van der Waals surface area (Å²) in [5, 5.41) is 9.52. The molecule has 2 heterocycles. The molecule has 1 atom stereocenters. The fourth-order valence-electron chi connectivity index (χ4n) is 1.82. The van der Waals surface area contributed by atoms with E-state index in [4.69, 9.17) is 0 Å². The van der Waals surface area contributed by atoms with Crippen LogP contribution < -0.4 is 10.6 Å². The number of halogens is 3. The summed E-state index contributed by atoms with van der Waals surface area (Å²) in [6.45, 7) is 2.37. The molecule has 9 heteroatoms. The molecule has 0 spiro atoms. The van der Waals surface area contributed by atoms with Crippen LogP contribution in [0.25, 0.3) is 0 Å². The van der Waals surface area contributed by atoms with E-state index in [-0.39, 0.29) is 5.91 Å². The molecule has 2 aromatic heterocycles. The summed E-state index contributed by atoms with van der Waals surface area (Å²) in [4.78, 5) is 15.5. The zero-order valence-electron chi connectivity index (χ0n) is 12.3. The van der Waals surface area contributed by atoms with E-state index in [1.54, 1.807) is 25.4 Å². The summed E-state index contributed by atoms with van der Waals surface area (Å²) in [6, 6.07) is 3.49. The van der Waals surface area contributed by atoms with Gasteiger partial charge in [-0.3, -0.25) is 9.48 Å². The minimum absolute atomic E-state index is 0.198. The number of amides is 1. The number of carbonyl (C=O) groups excluding carboxylic acids is 1. The number of alkyl halides is 3. The van der Waals surface area contributed by atoms with Crippen LogP contribution in [0.4, 0.5) is 19.0 Å². The lowest BCUT2D eigenvalue weighted by Crippen LogP contribution is -2.34. The summed E-state index contributed by atoms with van der Waals surface area (Å²) < 4.78 is 38.7. The Kier molecular flexibility index (Phi) is 5.20. The number of aromatic nitrogens is 3. The van der Waals surface area contributed by atoms with Gasteiger partial charge in [0.2, 0.25) is 5.91 Å². The van der Waals surface area contributed by atoms with Crippen LogP contribution in [-0.4, -0.2) is 33.8 Å². The van der Waals surface area contributed by atoms with Crippen molar-refractivity contribution in [1.29, 1.82) is 0 Å². The molecule has 2 N–H and O–H groups in total. The minimum Gasteiger partial charge on any atom is -0.368 e. The van der Waals surface area contributed by atoms with Crippen LogP contribution in [0.1, 0.15) is 18.5 Å². The molecule has 0 aliphatic carbocycles. The summed E-state index contributed by atoms with van der Waals surface area (Å²) in [5.41, 5.74) is -0.801. The van der Waals surface area contributed by atoms with Crippen LogP contribution in [0.5, 0.6) is 0 Å². The lowest BCUT2D eigenvalue weighted by atomic mass is 10.3. The minimum atomic E-state index is -4.40. The number of hydrogen-bond donors (Lipinski definition) is 2. The highest BCUT2D eigenvalue weighted by molar-refractivity contribution is 5.79. The normalized spacial score (nSPS) is 12.7. The molecule has 6 nitrogen and oxygen atoms in total. The van der Waals surface area contributed by atoms with Crippen LogP contribution in [0.3, 0.4) is 0 Å². The molecule has 0 unspecified atom stereocenters. The molecule has 0 saturated carbocycles. The molecule has 0 aromatic carbocycles. The van der Waals surface area contributed by atoms with Crippen molar-refractivity contribution in [3.63, 3.8) is 0 Å². The fourth-order valence-corrected chi connectivity index (χ4v) is 1.82. The summed E-state index contributed by atoms with van der Waals surface area (Å²) in [5.74, 6) is 0.114. The van der Waals surface area contributed by atoms with Crippen LogP contribution in [-0.2, 0) is 11.0 Å². The van der Waals surface area contributed by atoms with Crippen molar-refractivity contribution in [1.82, 2.24) is 20.1 Å². The van der Waals surface area contributed by atoms with E-state index in [1.165, 1.54) is 10.7 Å². The monoisotopic (exact) mass is 327 g/mol. The number of nitrogens with zero attached hydrogens (tertiary/aromatic N) is 3. The Bertz CT molecular complexity index is 625. The maximum Gasteiger partial charge on any atom is 0.417 e. The highest BCUT2D eigenvalue weighted by Gasteiger charge is 2.30. The number of nitrogens with one attached hydrogen (secondary N) is 2. The second-order valence-corrected chi connectivity index (χ2v) is 4.81. The fraction of sp³-hybridized carbons (Fsp3) is 0.357. The average Bonchev–Trinajstić information content (AvgIpc) is 3.04. The molecule has 2 aromatic rings. The highest BCUT2D eigenvalue weighted by Crippen LogP contribution is 2.28. The number of carbonyl (C=O) groups is 1. The Morgan fingerprint density at radius 1 is 1.35 bits per heavy atom. The first-order chi connectivity index (χ1) is 10.9. The standard InChI is InChI=1S/C14H16F3N5O/c1-10(22-8-2-5-21-22)13(23)19-7-6-18-12-4-3-11(9-20-12)14(15,16)17/h2-5,8-10H,6-7H2,1H3,(H,18,20)(H,19,23)/t10-/m0/s1. The molecule has 23 heavy (non-hydrogen) atoms. The molecule has 0 saturated heterocycles. The molecule has 0 bridgehead atoms. The third-order valence-electron chi connectivity index (χ3n) is 3.12. The predicted octanol–water partition coefficient (Wildman–Crippen LogP) is 2.09. The largest absolute Gasteiger partial charge is 0.417 e. The molecule has 0 aliphatic heterocycles. The quantitative estimate of drug-likeness (QED) is 0.797. The van der Waals surface area contributed by atoms with Gasteiger partial charge in [0.1, 0.15) is 11.9 Å². The Morgan fingerprint density at radius 2 is 2.13 bits per heavy atom. The number of pyridine rings is 1. The van der Waals surface area contributed by atoms with Crippen molar-refractivity contribution in [3.05, 3.63) is 42.4 Å². The number of anilines is 1. The topological polar surface area (TPSA) is 71.8 Å². The van der Waals surface area contributed by atoms with E-state index in [9.17, 15) is 18.0 Å². The van der Waals surface area contributed by atoms with E-state index < -0.39 is 17.8 Å². The third kappa shape index (κ3) is 4.70. The van der Waals surface area contributed by atoms with E-state index in [1.807, 2.05) is 0 Å². The van der Waals surface area contributed by atoms with Gasteiger partial charge in [0.25, 0.3) is 0 Å². The third-order valence-corrected chi connectivity index (χ3v) is 3.12. The number of rotatable bonds is 6. The van der Waals surface area contributed by atoms with Crippen molar-refractivity contribution in [3.8, 4) is 0 Å². The lowest BCUT2D eigenvalue weighted by Gasteiger charge is -2.13. The Labute approximate surface area is 130 Å². The van der Waals surface area contributed by atoms with Gasteiger partial charge >= 0.3 is 6.18 Å². The van der Waals surface area contributed by atoms with Crippen LogP contribution >= 0.6 is 0 Å². The lowest BCUT2D eigenvalue weighted by molar-refractivity contribution is -0.137. The van der Waals surface area contributed by atoms with Crippen molar-refractivity contribution in [2.45, 2.75) is 19.1 Å². The first-order valence-corrected chi connectivity index (χ1v) is 6.92. The SMILES string of the molecule is C[C@@H](C(=O)NCCNc1ccc(C(F)(F)F)cn1)n1cccn1. The highest BCUT2D eigenvalue weighted by atomic mass is 19.4. The molecular weight excluding hydrogens is 311 g/mol. The molecular formula is C14H16F3N5O. The van der Waals surface area contributed by atoms with Gasteiger partial charge in [0.15, 0.2) is 0 Å². The first-order valence-electron chi connectivity index (χ1n) is 6.92. The van der Waals surface area contributed by atoms with Gasteiger partial charge < -0.3 is 10.6 Å². The van der Waals surface area contributed by atoms with Gasteiger partial charge in [-0.1, -0.05) is 0 Å². The average molecular weight is 327 g/mol. The van der Waals surface area contributed by atoms with E-state index >= 15 is 0 Å². The summed E-state index contributed by atoms with van der Waals surface area (Å²) in [7, 11) is 0. The number of hydrogen-bond acceptors (Lipinski definition) is 4. The van der Waals surface area contributed by atoms with Crippen LogP contribution in [0.15, 0.2) is 36.8 Å². The van der Waals surface area contributed by atoms with Gasteiger partial charge in [0.05, 0.1) is 5.56 Å². The summed E-state index contributed by atoms with van der Waals surface area (Å²) >= 11 is 0. The van der Waals surface area contributed by atoms with Gasteiger partial charge in [-0.15, -0.1) is 0 Å². The van der Waals surface area contributed by atoms with Gasteiger partial charge in [-0.25, -0.2) is 4.98 Å². The molecule has 0 fully saturated rings. The molecule has 0 aliphatic rings. The van der Waals surface area contributed by atoms with Crippen molar-refractivity contribution in [2.75, 3.05) is 18.4 Å². The summed E-state index contributed by atoms with van der Waals surface area (Å²) in [6.07, 6.45) is -0.362. The van der Waals surface area contributed by atoms with E-state index in [0.29, 0.717) is 18.9 Å². The Hall–Kier alpha value is -2.58. The second-order valence-electron chi connectivity index (χ2n) is 4.81. The molecule has 124 valence electrons.